The topological polar surface area (TPSA) is 38.5 Å². The first-order valence-electron chi connectivity index (χ1n) is 13.4. The SMILES string of the molecule is CCCCCCCCCCO[N+](=Cc1ccccc1)c1ccc(C=CC(=O)OCC(C)CC)cc1. The molecule has 2 aromatic carbocycles. The maximum atomic E-state index is 11.9. The van der Waals surface area contributed by atoms with E-state index in [1.54, 1.807) is 6.08 Å². The summed E-state index contributed by atoms with van der Waals surface area (Å²) in [5, 5.41) is 0. The van der Waals surface area contributed by atoms with Crippen LogP contribution < -0.4 is 0 Å². The predicted octanol–water partition coefficient (Wildman–Crippen LogP) is 8.12. The van der Waals surface area contributed by atoms with Gasteiger partial charge in [0, 0.05) is 28.5 Å². The van der Waals surface area contributed by atoms with Crippen LogP contribution in [-0.2, 0) is 14.4 Å². The van der Waals surface area contributed by atoms with E-state index in [1.165, 1.54) is 51.0 Å². The molecular weight excluding hydrogens is 434 g/mol. The summed E-state index contributed by atoms with van der Waals surface area (Å²) in [5.41, 5.74) is 2.97. The lowest BCUT2D eigenvalue weighted by Gasteiger charge is -2.07. The van der Waals surface area contributed by atoms with Crippen LogP contribution >= 0.6 is 0 Å². The van der Waals surface area contributed by atoms with Crippen LogP contribution in [0.5, 0.6) is 0 Å². The molecule has 0 radical (unpaired) electrons. The Balaban J connectivity index is 1.92. The minimum atomic E-state index is -0.304. The van der Waals surface area contributed by atoms with Crippen molar-refractivity contribution in [1.29, 1.82) is 0 Å². The summed E-state index contributed by atoms with van der Waals surface area (Å²) in [6.07, 6.45) is 16.5. The van der Waals surface area contributed by atoms with Crippen LogP contribution in [0.15, 0.2) is 60.7 Å². The summed E-state index contributed by atoms with van der Waals surface area (Å²) in [4.78, 5) is 18.1. The van der Waals surface area contributed by atoms with Crippen molar-refractivity contribution in [1.82, 2.24) is 0 Å². The van der Waals surface area contributed by atoms with Crippen LogP contribution in [0, 0.1) is 5.92 Å². The summed E-state index contributed by atoms with van der Waals surface area (Å²) in [6.45, 7) is 7.56. The molecule has 2 rings (SSSR count). The second-order valence-electron chi connectivity index (χ2n) is 9.24. The Morgan fingerprint density at radius 1 is 0.857 bits per heavy atom. The molecule has 0 N–H and O–H groups in total. The molecule has 0 bridgehead atoms. The fourth-order valence-corrected chi connectivity index (χ4v) is 3.55. The molecule has 4 heteroatoms. The van der Waals surface area contributed by atoms with Crippen molar-refractivity contribution in [2.45, 2.75) is 78.6 Å². The minimum absolute atomic E-state index is 0.304. The van der Waals surface area contributed by atoms with Crippen LogP contribution in [-0.4, -0.2) is 30.1 Å². The minimum Gasteiger partial charge on any atom is -0.462 e. The number of esters is 1. The number of carbonyl (C=O) groups excluding carboxylic acids is 1. The van der Waals surface area contributed by atoms with Crippen molar-refractivity contribution in [2.24, 2.45) is 5.92 Å². The van der Waals surface area contributed by atoms with Gasteiger partial charge >= 0.3 is 5.97 Å². The molecule has 1 unspecified atom stereocenters. The predicted molar refractivity (Wildman–Crippen MR) is 146 cm³/mol. The molecule has 0 aliphatic carbocycles. The smallest absolute Gasteiger partial charge is 0.330 e. The van der Waals surface area contributed by atoms with Gasteiger partial charge in [0.2, 0.25) is 6.21 Å². The summed E-state index contributed by atoms with van der Waals surface area (Å²) in [5.74, 6) is 0.0754. The first kappa shape index (κ1) is 28.4. The van der Waals surface area contributed by atoms with Crippen molar-refractivity contribution >= 4 is 23.9 Å². The molecule has 2 aromatic rings. The van der Waals surface area contributed by atoms with Crippen molar-refractivity contribution < 1.29 is 19.1 Å². The summed E-state index contributed by atoms with van der Waals surface area (Å²) in [7, 11) is 0. The van der Waals surface area contributed by atoms with Gasteiger partial charge < -0.3 is 4.74 Å². The Morgan fingerprint density at radius 3 is 2.17 bits per heavy atom. The standard InChI is InChI=1S/C31H44NO3/c1-4-6-7-8-9-10-11-15-24-35-32(25-29-16-13-12-14-17-29)30-21-18-28(19-22-30)20-23-31(33)34-26-27(3)5-2/h12-14,16-23,25,27H,4-11,15,24,26H2,1-3H3/q+1. The summed E-state index contributed by atoms with van der Waals surface area (Å²) < 4.78 is 7.13. The van der Waals surface area contributed by atoms with Crippen LogP contribution in [0.2, 0.25) is 0 Å². The van der Waals surface area contributed by atoms with E-state index in [1.807, 2.05) is 53.4 Å². The number of unbranched alkanes of at least 4 members (excludes halogenated alkanes) is 7. The lowest BCUT2D eigenvalue weighted by atomic mass is 10.1. The Hall–Kier alpha value is -2.88. The van der Waals surface area contributed by atoms with Crippen LogP contribution in [0.1, 0.15) is 89.7 Å². The van der Waals surface area contributed by atoms with E-state index >= 15 is 0 Å². The first-order chi connectivity index (χ1) is 17.1. The zero-order valence-electron chi connectivity index (χ0n) is 22.0. The number of nitrogens with zero attached hydrogens (tertiary/aromatic N) is 1. The molecule has 0 saturated heterocycles. The fourth-order valence-electron chi connectivity index (χ4n) is 3.55. The molecule has 35 heavy (non-hydrogen) atoms. The number of hydrogen-bond acceptors (Lipinski definition) is 3. The molecule has 0 aliphatic rings. The van der Waals surface area contributed by atoms with Gasteiger partial charge in [-0.1, -0.05) is 83.9 Å². The normalized spacial score (nSPS) is 12.6. The van der Waals surface area contributed by atoms with E-state index in [-0.39, 0.29) is 5.97 Å². The second kappa shape index (κ2) is 17.5. The molecule has 0 spiro atoms. The van der Waals surface area contributed by atoms with E-state index in [0.717, 1.165) is 29.7 Å². The highest BCUT2D eigenvalue weighted by Crippen LogP contribution is 2.16. The molecule has 0 heterocycles. The van der Waals surface area contributed by atoms with Gasteiger partial charge in [0.05, 0.1) is 6.61 Å². The molecule has 4 nitrogen and oxygen atoms in total. The van der Waals surface area contributed by atoms with Gasteiger partial charge in [0.15, 0.2) is 6.61 Å². The Labute approximate surface area is 212 Å². The Bertz CT molecular complexity index is 887. The average molecular weight is 479 g/mol. The van der Waals surface area contributed by atoms with E-state index in [2.05, 4.69) is 32.9 Å². The van der Waals surface area contributed by atoms with Gasteiger partial charge in [-0.25, -0.2) is 4.79 Å². The van der Waals surface area contributed by atoms with Gasteiger partial charge in [-0.2, -0.15) is 0 Å². The summed E-state index contributed by atoms with van der Waals surface area (Å²) >= 11 is 0. The average Bonchev–Trinajstić information content (AvgIpc) is 2.89. The number of hydrogen-bond donors (Lipinski definition) is 0. The Kier molecular flexibility index (Phi) is 14.2. The molecular formula is C31H44NO3+. The van der Waals surface area contributed by atoms with E-state index in [0.29, 0.717) is 19.1 Å². The monoisotopic (exact) mass is 478 g/mol. The van der Waals surface area contributed by atoms with Crippen LogP contribution in [0.3, 0.4) is 0 Å². The van der Waals surface area contributed by atoms with E-state index in [4.69, 9.17) is 9.57 Å². The van der Waals surface area contributed by atoms with Gasteiger partial charge in [0.1, 0.15) is 0 Å². The summed E-state index contributed by atoms with van der Waals surface area (Å²) in [6, 6.07) is 18.2. The number of benzene rings is 2. The zero-order chi connectivity index (χ0) is 25.1. The van der Waals surface area contributed by atoms with Crippen molar-refractivity contribution in [3.8, 4) is 0 Å². The number of ether oxygens (including phenoxy) is 1. The molecule has 0 amide bonds. The van der Waals surface area contributed by atoms with Crippen LogP contribution in [0.25, 0.3) is 6.08 Å². The van der Waals surface area contributed by atoms with Gasteiger partial charge in [-0.05, 0) is 54.7 Å². The van der Waals surface area contributed by atoms with Gasteiger partial charge in [0.25, 0.3) is 5.69 Å². The molecule has 190 valence electrons. The maximum Gasteiger partial charge on any atom is 0.330 e. The maximum absolute atomic E-state index is 11.9. The van der Waals surface area contributed by atoms with E-state index < -0.39 is 0 Å². The lowest BCUT2D eigenvalue weighted by molar-refractivity contribution is -0.725. The number of carbonyl (C=O) groups is 1. The molecule has 0 fully saturated rings. The fraction of sp³-hybridized carbons (Fsp3) is 0.484. The molecule has 1 atom stereocenters. The highest BCUT2D eigenvalue weighted by Gasteiger charge is 2.12. The highest BCUT2D eigenvalue weighted by atomic mass is 16.7. The largest absolute Gasteiger partial charge is 0.462 e. The Morgan fingerprint density at radius 2 is 1.51 bits per heavy atom. The van der Waals surface area contributed by atoms with Gasteiger partial charge in [-0.15, -0.1) is 0 Å². The molecule has 0 aromatic heterocycles. The third-order valence-corrected chi connectivity index (χ3v) is 6.06. The zero-order valence-corrected chi connectivity index (χ0v) is 22.0. The van der Waals surface area contributed by atoms with Crippen LogP contribution in [0.4, 0.5) is 5.69 Å². The van der Waals surface area contributed by atoms with E-state index in [9.17, 15) is 4.79 Å². The quantitative estimate of drug-likeness (QED) is 0.0575. The lowest BCUT2D eigenvalue weighted by Crippen LogP contribution is -2.10. The van der Waals surface area contributed by atoms with Crippen molar-refractivity contribution in [3.63, 3.8) is 0 Å². The highest BCUT2D eigenvalue weighted by molar-refractivity contribution is 5.87. The molecule has 0 aliphatic heterocycles. The second-order valence-corrected chi connectivity index (χ2v) is 9.24. The van der Waals surface area contributed by atoms with Gasteiger partial charge in [-0.3, -0.25) is 4.84 Å². The van der Waals surface area contributed by atoms with Crippen molar-refractivity contribution in [3.05, 3.63) is 71.8 Å². The molecule has 0 saturated carbocycles. The first-order valence-corrected chi connectivity index (χ1v) is 13.4. The number of rotatable bonds is 17. The third-order valence-electron chi connectivity index (χ3n) is 6.06. The van der Waals surface area contributed by atoms with Crippen molar-refractivity contribution in [2.75, 3.05) is 13.2 Å². The third kappa shape index (κ3) is 12.4.